The van der Waals surface area contributed by atoms with Crippen molar-refractivity contribution >= 4 is 11.2 Å². The van der Waals surface area contributed by atoms with E-state index in [2.05, 4.69) is 21.5 Å². The fraction of sp³-hybridized carbons (Fsp3) is 0.462. The number of nitrogens with zero attached hydrogens (tertiary/aromatic N) is 4. The Labute approximate surface area is 125 Å². The Morgan fingerprint density at radius 1 is 1.45 bits per heavy atom. The van der Waals surface area contributed by atoms with Crippen LogP contribution in [0, 0.1) is 0 Å². The Morgan fingerprint density at radius 2 is 2.23 bits per heavy atom. The van der Waals surface area contributed by atoms with Gasteiger partial charge in [-0.15, -0.1) is 0 Å². The molecule has 120 valence electrons. The van der Waals surface area contributed by atoms with E-state index in [1.807, 2.05) is 0 Å². The molecule has 0 aromatic carbocycles. The number of alkyl halides is 1. The highest BCUT2D eigenvalue weighted by Gasteiger charge is 2.30. The molecule has 0 aliphatic rings. The molecule has 0 saturated carbocycles. The first kappa shape index (κ1) is 16.3. The van der Waals surface area contributed by atoms with Crippen molar-refractivity contribution in [3.8, 4) is 5.88 Å². The number of hydrogen-bond acceptors (Lipinski definition) is 7. The smallest absolute Gasteiger partial charge is 0.245 e. The van der Waals surface area contributed by atoms with E-state index >= 15 is 0 Å². The molecule has 3 atom stereocenters. The molecule has 2 aromatic rings. The minimum atomic E-state index is -1.90. The third kappa shape index (κ3) is 3.06. The summed E-state index contributed by atoms with van der Waals surface area (Å²) in [5.41, 5.74) is 0.422. The number of halogens is 1. The lowest BCUT2D eigenvalue weighted by atomic mass is 10.2. The summed E-state index contributed by atoms with van der Waals surface area (Å²) in [5, 5.41) is 19.0. The highest BCUT2D eigenvalue weighted by Crippen LogP contribution is 2.26. The van der Waals surface area contributed by atoms with E-state index in [9.17, 15) is 9.50 Å². The molecule has 0 fully saturated rings. The molecule has 9 heteroatoms. The molecule has 0 aliphatic carbocycles. The van der Waals surface area contributed by atoms with Gasteiger partial charge in [0.2, 0.25) is 12.2 Å². The Balaban J connectivity index is 2.34. The molecular formula is C13H17FN4O4. The fourth-order valence-corrected chi connectivity index (χ4v) is 1.92. The third-order valence-corrected chi connectivity index (χ3v) is 3.07. The number of aliphatic hydroxyl groups is 2. The number of methoxy groups -OCH3 is 1. The molecule has 22 heavy (non-hydrogen) atoms. The minimum Gasteiger partial charge on any atom is -0.472 e. The molecule has 0 aliphatic heterocycles. The molecule has 0 radical (unpaired) electrons. The lowest BCUT2D eigenvalue weighted by Gasteiger charge is -2.23. The van der Waals surface area contributed by atoms with Crippen molar-refractivity contribution in [1.29, 1.82) is 0 Å². The zero-order chi connectivity index (χ0) is 16.1. The molecule has 1 unspecified atom stereocenters. The molecule has 2 rings (SSSR count). The Kier molecular flexibility index (Phi) is 5.36. The summed E-state index contributed by atoms with van der Waals surface area (Å²) in [6.45, 7) is 3.22. The largest absolute Gasteiger partial charge is 0.472 e. The van der Waals surface area contributed by atoms with E-state index in [0.717, 1.165) is 4.57 Å². The number of aromatic nitrogens is 4. The number of aliphatic hydroxyl groups excluding tert-OH is 2. The SMILES string of the molecule is C=CCOc1ncnc2c1ncn2[C@H](F)[C@H](O)C(CO)OC. The van der Waals surface area contributed by atoms with Crippen molar-refractivity contribution in [2.24, 2.45) is 0 Å². The minimum absolute atomic E-state index is 0.161. The van der Waals surface area contributed by atoms with Gasteiger partial charge in [0.05, 0.1) is 12.9 Å². The number of hydrogen-bond donors (Lipinski definition) is 2. The fourth-order valence-electron chi connectivity index (χ4n) is 1.92. The van der Waals surface area contributed by atoms with E-state index in [0.29, 0.717) is 0 Å². The van der Waals surface area contributed by atoms with Crippen LogP contribution in [0.15, 0.2) is 25.3 Å². The van der Waals surface area contributed by atoms with Gasteiger partial charge >= 0.3 is 0 Å². The molecule has 2 heterocycles. The first-order valence-electron chi connectivity index (χ1n) is 6.51. The van der Waals surface area contributed by atoms with Crippen LogP contribution in [0.2, 0.25) is 0 Å². The zero-order valence-corrected chi connectivity index (χ0v) is 12.0. The van der Waals surface area contributed by atoms with Crippen molar-refractivity contribution in [3.63, 3.8) is 0 Å². The van der Waals surface area contributed by atoms with Gasteiger partial charge in [-0.05, 0) is 0 Å². The summed E-state index contributed by atoms with van der Waals surface area (Å²) in [6, 6.07) is 0. The third-order valence-electron chi connectivity index (χ3n) is 3.07. The summed E-state index contributed by atoms with van der Waals surface area (Å²) in [7, 11) is 1.27. The summed E-state index contributed by atoms with van der Waals surface area (Å²) in [5.74, 6) is 0.191. The second kappa shape index (κ2) is 7.25. The summed E-state index contributed by atoms with van der Waals surface area (Å²) in [4.78, 5) is 11.9. The van der Waals surface area contributed by atoms with Crippen LogP contribution in [-0.4, -0.2) is 62.3 Å². The average molecular weight is 312 g/mol. The summed E-state index contributed by atoms with van der Waals surface area (Å²) < 4.78 is 25.6. The topological polar surface area (TPSA) is 103 Å². The highest BCUT2D eigenvalue weighted by atomic mass is 19.1. The highest BCUT2D eigenvalue weighted by molar-refractivity contribution is 5.76. The van der Waals surface area contributed by atoms with Crippen LogP contribution in [0.3, 0.4) is 0 Å². The van der Waals surface area contributed by atoms with Crippen molar-refractivity contribution in [2.45, 2.75) is 18.5 Å². The van der Waals surface area contributed by atoms with Crippen molar-refractivity contribution < 1.29 is 24.1 Å². The van der Waals surface area contributed by atoms with Crippen LogP contribution in [-0.2, 0) is 4.74 Å². The van der Waals surface area contributed by atoms with Crippen LogP contribution in [0.25, 0.3) is 11.2 Å². The second-order valence-corrected chi connectivity index (χ2v) is 4.42. The molecule has 8 nitrogen and oxygen atoms in total. The first-order valence-corrected chi connectivity index (χ1v) is 6.51. The maximum atomic E-state index is 14.5. The number of ether oxygens (including phenoxy) is 2. The molecule has 0 bridgehead atoms. The average Bonchev–Trinajstić information content (AvgIpc) is 2.97. The van der Waals surface area contributed by atoms with E-state index in [-0.39, 0.29) is 23.7 Å². The predicted octanol–water partition coefficient (Wildman–Crippen LogP) is 0.227. The molecule has 0 saturated heterocycles. The first-order chi connectivity index (χ1) is 10.6. The van der Waals surface area contributed by atoms with Gasteiger partial charge in [0.25, 0.3) is 0 Å². The van der Waals surface area contributed by atoms with Gasteiger partial charge in [0, 0.05) is 7.11 Å². The molecule has 0 spiro atoms. The van der Waals surface area contributed by atoms with E-state index in [4.69, 9.17) is 14.6 Å². The predicted molar refractivity (Wildman–Crippen MR) is 75.0 cm³/mol. The van der Waals surface area contributed by atoms with Crippen molar-refractivity contribution in [1.82, 2.24) is 19.5 Å². The standard InChI is InChI=1S/C13H17FN4O4/c1-3-4-22-13-9-12(15-6-16-13)18(7-17-9)11(14)10(20)8(5-19)21-2/h3,6-8,10-11,19-20H,1,4-5H2,2H3/t8?,10-,11+/m1/s1. The van der Waals surface area contributed by atoms with E-state index < -0.39 is 25.1 Å². The van der Waals surface area contributed by atoms with Crippen LogP contribution in [0.1, 0.15) is 6.30 Å². The van der Waals surface area contributed by atoms with Gasteiger partial charge in [0.1, 0.15) is 25.1 Å². The summed E-state index contributed by atoms with van der Waals surface area (Å²) >= 11 is 0. The lowest BCUT2D eigenvalue weighted by molar-refractivity contribution is -0.0891. The Bertz CT molecular complexity index is 632. The maximum Gasteiger partial charge on any atom is 0.245 e. The van der Waals surface area contributed by atoms with Gasteiger partial charge < -0.3 is 19.7 Å². The Morgan fingerprint density at radius 3 is 2.86 bits per heavy atom. The van der Waals surface area contributed by atoms with E-state index in [1.54, 1.807) is 0 Å². The molecule has 2 aromatic heterocycles. The second-order valence-electron chi connectivity index (χ2n) is 4.42. The zero-order valence-electron chi connectivity index (χ0n) is 12.0. The van der Waals surface area contributed by atoms with Gasteiger partial charge in [0.15, 0.2) is 11.2 Å². The van der Waals surface area contributed by atoms with Crippen LogP contribution >= 0.6 is 0 Å². The number of rotatable bonds is 8. The van der Waals surface area contributed by atoms with Crippen LogP contribution in [0.4, 0.5) is 4.39 Å². The number of imidazole rings is 1. The van der Waals surface area contributed by atoms with Gasteiger partial charge in [-0.1, -0.05) is 12.7 Å². The summed E-state index contributed by atoms with van der Waals surface area (Å²) in [6.07, 6.45) is -0.623. The molecular weight excluding hydrogens is 295 g/mol. The van der Waals surface area contributed by atoms with Crippen molar-refractivity contribution in [2.75, 3.05) is 20.3 Å². The molecule has 0 amide bonds. The van der Waals surface area contributed by atoms with Crippen LogP contribution < -0.4 is 4.74 Å². The quantitative estimate of drug-likeness (QED) is 0.672. The van der Waals surface area contributed by atoms with E-state index in [1.165, 1.54) is 25.8 Å². The van der Waals surface area contributed by atoms with Gasteiger partial charge in [-0.2, -0.15) is 4.98 Å². The van der Waals surface area contributed by atoms with Gasteiger partial charge in [-0.25, -0.2) is 14.4 Å². The van der Waals surface area contributed by atoms with Crippen LogP contribution in [0.5, 0.6) is 5.88 Å². The monoisotopic (exact) mass is 312 g/mol. The normalized spacial score (nSPS) is 15.5. The maximum absolute atomic E-state index is 14.5. The number of fused-ring (bicyclic) bond motifs is 1. The lowest BCUT2D eigenvalue weighted by Crippen LogP contribution is -2.37. The van der Waals surface area contributed by atoms with Gasteiger partial charge in [-0.3, -0.25) is 4.57 Å². The van der Waals surface area contributed by atoms with Crippen molar-refractivity contribution in [3.05, 3.63) is 25.3 Å². The Hall–Kier alpha value is -2.10. The molecule has 2 N–H and O–H groups in total.